The van der Waals surface area contributed by atoms with E-state index in [9.17, 15) is 18.4 Å². The Morgan fingerprint density at radius 1 is 1.21 bits per heavy atom. The molecule has 0 atom stereocenters. The van der Waals surface area contributed by atoms with E-state index < -0.39 is 12.0 Å². The van der Waals surface area contributed by atoms with Crippen LogP contribution in [0.3, 0.4) is 0 Å². The number of aldehydes is 2. The molecule has 0 spiro atoms. The first-order valence-corrected chi connectivity index (χ1v) is 4.00. The lowest BCUT2D eigenvalue weighted by Crippen LogP contribution is -2.00. The van der Waals surface area contributed by atoms with Crippen molar-refractivity contribution in [1.82, 2.24) is 0 Å². The Kier molecular flexibility index (Phi) is 3.30. The lowest BCUT2D eigenvalue weighted by Gasteiger charge is -2.07. The van der Waals surface area contributed by atoms with Crippen LogP contribution < -0.4 is 0 Å². The van der Waals surface area contributed by atoms with Crippen molar-refractivity contribution in [3.63, 3.8) is 0 Å². The van der Waals surface area contributed by atoms with Gasteiger partial charge in [-0.2, -0.15) is 0 Å². The van der Waals surface area contributed by atoms with Crippen molar-refractivity contribution in [3.8, 4) is 0 Å². The number of halogens is 3. The van der Waals surface area contributed by atoms with Gasteiger partial charge in [0.15, 0.2) is 12.6 Å². The largest absolute Gasteiger partial charge is 0.298 e. The van der Waals surface area contributed by atoms with Crippen molar-refractivity contribution in [1.29, 1.82) is 0 Å². The van der Waals surface area contributed by atoms with Gasteiger partial charge in [0.2, 0.25) is 0 Å². The average molecular weight is 219 g/mol. The summed E-state index contributed by atoms with van der Waals surface area (Å²) in [4.78, 5) is 20.9. The van der Waals surface area contributed by atoms with Gasteiger partial charge in [-0.1, -0.05) is 11.6 Å². The van der Waals surface area contributed by atoms with Crippen molar-refractivity contribution >= 4 is 24.2 Å². The second-order valence-electron chi connectivity index (χ2n) is 2.50. The second-order valence-corrected chi connectivity index (χ2v) is 2.91. The SMILES string of the molecule is O=Cc1ccc(Cl)c(C=O)c1C(F)F. The molecule has 0 aromatic heterocycles. The number of rotatable bonds is 3. The molecule has 0 heterocycles. The van der Waals surface area contributed by atoms with Gasteiger partial charge in [0.05, 0.1) is 5.02 Å². The molecule has 0 N–H and O–H groups in total. The highest BCUT2D eigenvalue weighted by Crippen LogP contribution is 2.29. The van der Waals surface area contributed by atoms with E-state index in [1.54, 1.807) is 0 Å². The Hall–Kier alpha value is -1.29. The van der Waals surface area contributed by atoms with Crippen LogP contribution in [-0.4, -0.2) is 12.6 Å². The second kappa shape index (κ2) is 4.28. The third-order valence-electron chi connectivity index (χ3n) is 1.73. The molecule has 0 saturated heterocycles. The molecule has 5 heteroatoms. The fraction of sp³-hybridized carbons (Fsp3) is 0.111. The van der Waals surface area contributed by atoms with Crippen LogP contribution in [0, 0.1) is 0 Å². The number of alkyl halides is 2. The van der Waals surface area contributed by atoms with E-state index in [2.05, 4.69) is 0 Å². The zero-order valence-corrected chi connectivity index (χ0v) is 7.59. The zero-order chi connectivity index (χ0) is 10.7. The van der Waals surface area contributed by atoms with Crippen LogP contribution in [0.25, 0.3) is 0 Å². The van der Waals surface area contributed by atoms with Crippen molar-refractivity contribution in [2.24, 2.45) is 0 Å². The molecular formula is C9H5ClF2O2. The fourth-order valence-corrected chi connectivity index (χ4v) is 1.30. The first kappa shape index (κ1) is 10.8. The molecule has 0 aliphatic rings. The van der Waals surface area contributed by atoms with Gasteiger partial charge in [-0.3, -0.25) is 9.59 Å². The molecule has 74 valence electrons. The Morgan fingerprint density at radius 3 is 2.29 bits per heavy atom. The fourth-order valence-electron chi connectivity index (χ4n) is 1.09. The van der Waals surface area contributed by atoms with Gasteiger partial charge in [0, 0.05) is 16.7 Å². The van der Waals surface area contributed by atoms with Crippen molar-refractivity contribution in [2.75, 3.05) is 0 Å². The van der Waals surface area contributed by atoms with E-state index in [-0.39, 0.29) is 28.7 Å². The minimum Gasteiger partial charge on any atom is -0.298 e. The maximum atomic E-state index is 12.5. The molecule has 2 nitrogen and oxygen atoms in total. The number of carbonyl (C=O) groups is 2. The van der Waals surface area contributed by atoms with Crippen LogP contribution in [-0.2, 0) is 0 Å². The highest BCUT2D eigenvalue weighted by atomic mass is 35.5. The molecule has 0 radical (unpaired) electrons. The summed E-state index contributed by atoms with van der Waals surface area (Å²) < 4.78 is 24.9. The molecule has 0 saturated carbocycles. The summed E-state index contributed by atoms with van der Waals surface area (Å²) in [7, 11) is 0. The van der Waals surface area contributed by atoms with Gasteiger partial charge in [-0.25, -0.2) is 8.78 Å². The van der Waals surface area contributed by atoms with E-state index in [0.29, 0.717) is 0 Å². The average Bonchev–Trinajstić information content (AvgIpc) is 2.17. The zero-order valence-electron chi connectivity index (χ0n) is 6.84. The molecule has 14 heavy (non-hydrogen) atoms. The standard InChI is InChI=1S/C9H5ClF2O2/c10-7-2-1-5(3-13)8(9(11)12)6(7)4-14/h1-4,9H. The van der Waals surface area contributed by atoms with Crippen molar-refractivity contribution in [3.05, 3.63) is 33.8 Å². The summed E-state index contributed by atoms with van der Waals surface area (Å²) in [5.74, 6) is 0. The number of hydrogen-bond donors (Lipinski definition) is 0. The summed E-state index contributed by atoms with van der Waals surface area (Å²) in [5, 5.41) is -0.0825. The van der Waals surface area contributed by atoms with Gasteiger partial charge in [0.25, 0.3) is 6.43 Å². The highest BCUT2D eigenvalue weighted by Gasteiger charge is 2.19. The lowest BCUT2D eigenvalue weighted by atomic mass is 10.0. The summed E-state index contributed by atoms with van der Waals surface area (Å²) in [6, 6.07) is 2.39. The molecule has 1 rings (SSSR count). The summed E-state index contributed by atoms with van der Waals surface area (Å²) in [6.07, 6.45) is -2.41. The molecule has 0 fully saturated rings. The molecule has 0 unspecified atom stereocenters. The normalized spacial score (nSPS) is 10.3. The van der Waals surface area contributed by atoms with Crippen molar-refractivity contribution in [2.45, 2.75) is 6.43 Å². The van der Waals surface area contributed by atoms with Crippen LogP contribution in [0.1, 0.15) is 32.7 Å². The number of hydrogen-bond acceptors (Lipinski definition) is 2. The maximum Gasteiger partial charge on any atom is 0.265 e. The van der Waals surface area contributed by atoms with E-state index >= 15 is 0 Å². The summed E-state index contributed by atoms with van der Waals surface area (Å²) in [6.45, 7) is 0. The minimum absolute atomic E-state index is 0.0825. The predicted octanol–water partition coefficient (Wildman–Crippen LogP) is 2.90. The molecule has 0 amide bonds. The molecule has 0 bridgehead atoms. The minimum atomic E-state index is -2.89. The van der Waals surface area contributed by atoms with E-state index in [0.717, 1.165) is 6.07 Å². The Bertz CT molecular complexity index is 377. The molecule has 0 aliphatic heterocycles. The number of carbonyl (C=O) groups excluding carboxylic acids is 2. The van der Waals surface area contributed by atoms with E-state index in [1.807, 2.05) is 0 Å². The van der Waals surface area contributed by atoms with Crippen LogP contribution in [0.4, 0.5) is 8.78 Å². The number of benzene rings is 1. The van der Waals surface area contributed by atoms with Crippen molar-refractivity contribution < 1.29 is 18.4 Å². The summed E-state index contributed by atoms with van der Waals surface area (Å²) >= 11 is 5.52. The van der Waals surface area contributed by atoms with Gasteiger partial charge in [-0.05, 0) is 12.1 Å². The Balaban J connectivity index is 3.51. The maximum absolute atomic E-state index is 12.5. The quantitative estimate of drug-likeness (QED) is 0.731. The first-order chi connectivity index (χ1) is 6.61. The van der Waals surface area contributed by atoms with Crippen LogP contribution in [0.5, 0.6) is 0 Å². The monoisotopic (exact) mass is 218 g/mol. The van der Waals surface area contributed by atoms with Gasteiger partial charge in [0.1, 0.15) is 0 Å². The Morgan fingerprint density at radius 2 is 1.86 bits per heavy atom. The predicted molar refractivity (Wildman–Crippen MR) is 47.2 cm³/mol. The first-order valence-electron chi connectivity index (χ1n) is 3.62. The topological polar surface area (TPSA) is 34.1 Å². The van der Waals surface area contributed by atoms with Gasteiger partial charge in [-0.15, -0.1) is 0 Å². The van der Waals surface area contributed by atoms with Crippen LogP contribution >= 0.6 is 11.6 Å². The smallest absolute Gasteiger partial charge is 0.265 e. The third kappa shape index (κ3) is 1.80. The molecular weight excluding hydrogens is 214 g/mol. The van der Waals surface area contributed by atoms with E-state index in [1.165, 1.54) is 6.07 Å². The Labute approximate surface area is 83.5 Å². The van der Waals surface area contributed by atoms with Gasteiger partial charge >= 0.3 is 0 Å². The molecule has 1 aromatic carbocycles. The molecule has 1 aromatic rings. The highest BCUT2D eigenvalue weighted by molar-refractivity contribution is 6.33. The molecule has 0 aliphatic carbocycles. The lowest BCUT2D eigenvalue weighted by molar-refractivity contribution is 0.109. The van der Waals surface area contributed by atoms with Crippen LogP contribution in [0.2, 0.25) is 5.02 Å². The van der Waals surface area contributed by atoms with Crippen LogP contribution in [0.15, 0.2) is 12.1 Å². The van der Waals surface area contributed by atoms with E-state index in [4.69, 9.17) is 11.6 Å². The third-order valence-corrected chi connectivity index (χ3v) is 2.06. The van der Waals surface area contributed by atoms with Gasteiger partial charge < -0.3 is 0 Å². The summed E-state index contributed by atoms with van der Waals surface area (Å²) in [5.41, 5.74) is -1.15.